The minimum atomic E-state index is 0.549. The zero-order chi connectivity index (χ0) is 15.1. The van der Waals surface area contributed by atoms with Crippen molar-refractivity contribution in [1.82, 2.24) is 15.5 Å². The number of nitrogens with one attached hydrogen (secondary N) is 2. The first-order valence-corrected chi connectivity index (χ1v) is 8.80. The zero-order valence-electron chi connectivity index (χ0n) is 13.4. The molecule has 0 bridgehead atoms. The largest absolute Gasteiger partial charge is 0.356 e. The summed E-state index contributed by atoms with van der Waals surface area (Å²) in [6.45, 7) is 7.85. The SMILES string of the molecule is CN=C(NCCc1cccs1)NC1CCN(C(C)C)CC1. The highest BCUT2D eigenvalue weighted by Crippen LogP contribution is 2.13. The van der Waals surface area contributed by atoms with E-state index >= 15 is 0 Å². The van der Waals surface area contributed by atoms with Crippen LogP contribution in [0.1, 0.15) is 31.6 Å². The van der Waals surface area contributed by atoms with Crippen molar-refractivity contribution < 1.29 is 0 Å². The van der Waals surface area contributed by atoms with Crippen molar-refractivity contribution in [3.05, 3.63) is 22.4 Å². The van der Waals surface area contributed by atoms with E-state index in [4.69, 9.17) is 0 Å². The third kappa shape index (κ3) is 5.32. The van der Waals surface area contributed by atoms with Gasteiger partial charge in [-0.05, 0) is 44.6 Å². The van der Waals surface area contributed by atoms with Crippen molar-refractivity contribution >= 4 is 17.3 Å². The summed E-state index contributed by atoms with van der Waals surface area (Å²) in [5.41, 5.74) is 0. The average molecular weight is 308 g/mol. The van der Waals surface area contributed by atoms with Gasteiger partial charge in [-0.3, -0.25) is 4.99 Å². The molecule has 0 radical (unpaired) electrons. The molecule has 2 N–H and O–H groups in total. The molecule has 21 heavy (non-hydrogen) atoms. The standard InChI is InChI=1S/C16H28N4S/c1-13(2)20-10-7-14(8-11-20)19-16(17-3)18-9-6-15-5-4-12-21-15/h4-5,12-14H,6-11H2,1-3H3,(H2,17,18,19). The van der Waals surface area contributed by atoms with Crippen molar-refractivity contribution in [2.45, 2.75) is 45.2 Å². The molecule has 1 aromatic heterocycles. The van der Waals surface area contributed by atoms with Crippen LogP contribution in [0, 0.1) is 0 Å². The fraction of sp³-hybridized carbons (Fsp3) is 0.688. The monoisotopic (exact) mass is 308 g/mol. The average Bonchev–Trinajstić information content (AvgIpc) is 3.00. The molecule has 0 aliphatic carbocycles. The van der Waals surface area contributed by atoms with E-state index < -0.39 is 0 Å². The van der Waals surface area contributed by atoms with Crippen molar-refractivity contribution in [3.63, 3.8) is 0 Å². The molecule has 0 unspecified atom stereocenters. The van der Waals surface area contributed by atoms with Crippen LogP contribution in [-0.4, -0.2) is 49.6 Å². The lowest BCUT2D eigenvalue weighted by molar-refractivity contribution is 0.167. The molecule has 5 heteroatoms. The van der Waals surface area contributed by atoms with Crippen molar-refractivity contribution in [3.8, 4) is 0 Å². The molecule has 2 heterocycles. The molecule has 1 aliphatic rings. The van der Waals surface area contributed by atoms with E-state index in [0.717, 1.165) is 18.9 Å². The van der Waals surface area contributed by atoms with Crippen LogP contribution in [0.5, 0.6) is 0 Å². The molecule has 1 fully saturated rings. The maximum Gasteiger partial charge on any atom is 0.191 e. The van der Waals surface area contributed by atoms with Gasteiger partial charge in [0.05, 0.1) is 0 Å². The Labute approximate surface area is 132 Å². The lowest BCUT2D eigenvalue weighted by Gasteiger charge is -2.35. The minimum Gasteiger partial charge on any atom is -0.356 e. The van der Waals surface area contributed by atoms with Gasteiger partial charge in [0, 0.05) is 43.6 Å². The number of hydrogen-bond donors (Lipinski definition) is 2. The zero-order valence-corrected chi connectivity index (χ0v) is 14.2. The summed E-state index contributed by atoms with van der Waals surface area (Å²) in [4.78, 5) is 8.31. The lowest BCUT2D eigenvalue weighted by Crippen LogP contribution is -2.50. The molecule has 0 saturated carbocycles. The Kier molecular flexibility index (Phi) is 6.51. The van der Waals surface area contributed by atoms with Gasteiger partial charge in [0.25, 0.3) is 0 Å². The molecule has 118 valence electrons. The van der Waals surface area contributed by atoms with Gasteiger partial charge in [0.1, 0.15) is 0 Å². The van der Waals surface area contributed by atoms with Crippen molar-refractivity contribution in [2.24, 2.45) is 4.99 Å². The highest BCUT2D eigenvalue weighted by atomic mass is 32.1. The van der Waals surface area contributed by atoms with Crippen LogP contribution in [0.25, 0.3) is 0 Å². The van der Waals surface area contributed by atoms with Crippen molar-refractivity contribution in [2.75, 3.05) is 26.7 Å². The molecule has 0 atom stereocenters. The summed E-state index contributed by atoms with van der Waals surface area (Å²) in [6.07, 6.45) is 3.46. The Bertz CT molecular complexity index is 419. The summed E-state index contributed by atoms with van der Waals surface area (Å²) in [7, 11) is 1.85. The van der Waals surface area contributed by atoms with Crippen LogP contribution in [0.3, 0.4) is 0 Å². The van der Waals surface area contributed by atoms with E-state index in [1.165, 1.54) is 30.8 Å². The number of aliphatic imine (C=N–C) groups is 1. The van der Waals surface area contributed by atoms with E-state index in [-0.39, 0.29) is 0 Å². The summed E-state index contributed by atoms with van der Waals surface area (Å²) in [5.74, 6) is 0.939. The Morgan fingerprint density at radius 2 is 2.19 bits per heavy atom. The van der Waals surface area contributed by atoms with Gasteiger partial charge in [-0.15, -0.1) is 11.3 Å². The highest BCUT2D eigenvalue weighted by molar-refractivity contribution is 7.09. The number of guanidine groups is 1. The molecular formula is C16H28N4S. The molecule has 0 aromatic carbocycles. The first-order valence-electron chi connectivity index (χ1n) is 7.92. The Morgan fingerprint density at radius 1 is 1.43 bits per heavy atom. The number of thiophene rings is 1. The van der Waals surface area contributed by atoms with Crippen LogP contribution >= 0.6 is 11.3 Å². The highest BCUT2D eigenvalue weighted by Gasteiger charge is 2.21. The molecular weight excluding hydrogens is 280 g/mol. The van der Waals surface area contributed by atoms with Crippen molar-refractivity contribution in [1.29, 1.82) is 0 Å². The lowest BCUT2D eigenvalue weighted by atomic mass is 10.0. The van der Waals surface area contributed by atoms with Crippen LogP contribution in [-0.2, 0) is 6.42 Å². The third-order valence-electron chi connectivity index (χ3n) is 4.07. The number of nitrogens with zero attached hydrogens (tertiary/aromatic N) is 2. The molecule has 1 aromatic rings. The third-order valence-corrected chi connectivity index (χ3v) is 5.00. The van der Waals surface area contributed by atoms with Crippen LogP contribution in [0.4, 0.5) is 0 Å². The van der Waals surface area contributed by atoms with E-state index in [1.54, 1.807) is 0 Å². The molecule has 1 aliphatic heterocycles. The fourth-order valence-corrected chi connectivity index (χ4v) is 3.42. The maximum absolute atomic E-state index is 4.34. The molecule has 0 spiro atoms. The second-order valence-electron chi connectivity index (χ2n) is 5.88. The van der Waals surface area contributed by atoms with Gasteiger partial charge < -0.3 is 15.5 Å². The smallest absolute Gasteiger partial charge is 0.191 e. The van der Waals surface area contributed by atoms with E-state index in [2.05, 4.69) is 51.9 Å². The Hall–Kier alpha value is -1.07. The van der Waals surface area contributed by atoms with E-state index in [9.17, 15) is 0 Å². The normalized spacial score (nSPS) is 18.2. The first-order chi connectivity index (χ1) is 10.2. The van der Waals surface area contributed by atoms with Gasteiger partial charge in [0.2, 0.25) is 0 Å². The second kappa shape index (κ2) is 8.39. The van der Waals surface area contributed by atoms with E-state index in [0.29, 0.717) is 12.1 Å². The molecule has 1 saturated heterocycles. The van der Waals surface area contributed by atoms with E-state index in [1.807, 2.05) is 18.4 Å². The van der Waals surface area contributed by atoms with Gasteiger partial charge in [-0.25, -0.2) is 0 Å². The van der Waals surface area contributed by atoms with Crippen LogP contribution in [0.15, 0.2) is 22.5 Å². The number of piperidine rings is 1. The quantitative estimate of drug-likeness (QED) is 0.648. The van der Waals surface area contributed by atoms with Gasteiger partial charge >= 0.3 is 0 Å². The summed E-state index contributed by atoms with van der Waals surface area (Å²) < 4.78 is 0. The number of hydrogen-bond acceptors (Lipinski definition) is 3. The maximum atomic E-state index is 4.34. The van der Waals surface area contributed by atoms with Gasteiger partial charge in [-0.2, -0.15) is 0 Å². The fourth-order valence-electron chi connectivity index (χ4n) is 2.71. The van der Waals surface area contributed by atoms with Crippen LogP contribution in [0.2, 0.25) is 0 Å². The molecule has 2 rings (SSSR count). The summed E-state index contributed by atoms with van der Waals surface area (Å²) >= 11 is 1.81. The number of rotatable bonds is 5. The first kappa shape index (κ1) is 16.3. The molecule has 0 amide bonds. The van der Waals surface area contributed by atoms with Crippen LogP contribution < -0.4 is 10.6 Å². The summed E-state index contributed by atoms with van der Waals surface area (Å²) in [6, 6.07) is 5.50. The summed E-state index contributed by atoms with van der Waals surface area (Å²) in [5, 5.41) is 9.11. The topological polar surface area (TPSA) is 39.7 Å². The predicted octanol–water partition coefficient (Wildman–Crippen LogP) is 2.33. The Balaban J connectivity index is 1.68. The van der Waals surface area contributed by atoms with Gasteiger partial charge in [0.15, 0.2) is 5.96 Å². The number of likely N-dealkylation sites (tertiary alicyclic amines) is 1. The predicted molar refractivity (Wildman–Crippen MR) is 92.3 cm³/mol. The second-order valence-corrected chi connectivity index (χ2v) is 6.91. The molecule has 4 nitrogen and oxygen atoms in total. The Morgan fingerprint density at radius 3 is 2.76 bits per heavy atom. The van der Waals surface area contributed by atoms with Gasteiger partial charge in [-0.1, -0.05) is 6.07 Å². The minimum absolute atomic E-state index is 0.549.